The molecule has 4 aromatic rings. The molecular weight excluding hydrogens is 370 g/mol. The van der Waals surface area contributed by atoms with E-state index in [2.05, 4.69) is 15.1 Å². The van der Waals surface area contributed by atoms with Crippen molar-refractivity contribution >= 4 is 31.4 Å². The second-order valence-electron chi connectivity index (χ2n) is 5.98. The van der Waals surface area contributed by atoms with Crippen LogP contribution in [0.3, 0.4) is 0 Å². The van der Waals surface area contributed by atoms with E-state index in [4.69, 9.17) is 4.52 Å². The molecule has 0 fully saturated rings. The summed E-state index contributed by atoms with van der Waals surface area (Å²) >= 11 is 1.53. The highest BCUT2D eigenvalue weighted by Gasteiger charge is 2.24. The molecule has 8 heteroatoms. The summed E-state index contributed by atoms with van der Waals surface area (Å²) in [5.74, 6) is 0.202. The number of aromatic nitrogens is 3. The van der Waals surface area contributed by atoms with Gasteiger partial charge in [-0.3, -0.25) is 4.98 Å². The molecule has 0 aliphatic carbocycles. The number of aryl methyl sites for hydroxylation is 2. The Bertz CT molecular complexity index is 1160. The predicted octanol–water partition coefficient (Wildman–Crippen LogP) is 3.94. The molecule has 0 radical (unpaired) electrons. The number of hydrogen-bond acceptors (Lipinski definition) is 7. The largest absolute Gasteiger partial charge is 0.360 e. The van der Waals surface area contributed by atoms with E-state index in [0.29, 0.717) is 17.0 Å². The van der Waals surface area contributed by atoms with Crippen molar-refractivity contribution in [2.45, 2.75) is 24.5 Å². The lowest BCUT2D eigenvalue weighted by Gasteiger charge is -2.05. The highest BCUT2D eigenvalue weighted by Crippen LogP contribution is 2.31. The Hall–Kier alpha value is -2.58. The SMILES string of the molecule is Cc1noc(C)c1S(=O)(=O)Cc1cccc(-c2nc3ccncc3s2)c1. The van der Waals surface area contributed by atoms with Gasteiger partial charge in [-0.2, -0.15) is 0 Å². The lowest BCUT2D eigenvalue weighted by Crippen LogP contribution is -2.07. The molecule has 0 bridgehead atoms. The van der Waals surface area contributed by atoms with Crippen LogP contribution in [0.15, 0.2) is 52.1 Å². The molecule has 0 atom stereocenters. The average Bonchev–Trinajstić information content (AvgIpc) is 3.18. The summed E-state index contributed by atoms with van der Waals surface area (Å²) in [6.45, 7) is 3.24. The molecular formula is C18H15N3O3S2. The number of fused-ring (bicyclic) bond motifs is 1. The van der Waals surface area contributed by atoms with Gasteiger partial charge in [0, 0.05) is 18.0 Å². The summed E-state index contributed by atoms with van der Waals surface area (Å²) in [4.78, 5) is 8.88. The van der Waals surface area contributed by atoms with Gasteiger partial charge in [-0.25, -0.2) is 13.4 Å². The maximum atomic E-state index is 12.8. The topological polar surface area (TPSA) is 86.0 Å². The van der Waals surface area contributed by atoms with Crippen molar-refractivity contribution in [1.82, 2.24) is 15.1 Å². The number of pyridine rings is 1. The van der Waals surface area contributed by atoms with Crippen molar-refractivity contribution in [2.24, 2.45) is 0 Å². The highest BCUT2D eigenvalue weighted by molar-refractivity contribution is 7.90. The zero-order valence-corrected chi connectivity index (χ0v) is 15.8. The van der Waals surface area contributed by atoms with Crippen molar-refractivity contribution < 1.29 is 12.9 Å². The van der Waals surface area contributed by atoms with Gasteiger partial charge in [0.25, 0.3) is 0 Å². The first-order chi connectivity index (χ1) is 12.4. The van der Waals surface area contributed by atoms with Crippen LogP contribution in [0.5, 0.6) is 0 Å². The third-order valence-corrected chi connectivity index (χ3v) is 6.97. The minimum atomic E-state index is -3.54. The van der Waals surface area contributed by atoms with Crippen LogP contribution in [0, 0.1) is 13.8 Å². The third-order valence-electron chi connectivity index (χ3n) is 4.00. The second-order valence-corrected chi connectivity index (χ2v) is 8.93. The Morgan fingerprint density at radius 2 is 2.04 bits per heavy atom. The summed E-state index contributed by atoms with van der Waals surface area (Å²) in [6, 6.07) is 9.30. The molecule has 3 heterocycles. The summed E-state index contributed by atoms with van der Waals surface area (Å²) in [7, 11) is -3.54. The van der Waals surface area contributed by atoms with Gasteiger partial charge < -0.3 is 4.52 Å². The Kier molecular flexibility index (Phi) is 4.08. The van der Waals surface area contributed by atoms with Crippen LogP contribution in [-0.4, -0.2) is 23.5 Å². The van der Waals surface area contributed by atoms with Crippen molar-refractivity contribution in [3.05, 3.63) is 59.7 Å². The van der Waals surface area contributed by atoms with E-state index in [9.17, 15) is 8.42 Å². The van der Waals surface area contributed by atoms with Gasteiger partial charge in [-0.05, 0) is 31.5 Å². The first kappa shape index (κ1) is 16.9. The monoisotopic (exact) mass is 385 g/mol. The van der Waals surface area contributed by atoms with Crippen molar-refractivity contribution in [1.29, 1.82) is 0 Å². The first-order valence-electron chi connectivity index (χ1n) is 7.89. The van der Waals surface area contributed by atoms with Crippen molar-refractivity contribution in [3.63, 3.8) is 0 Å². The zero-order valence-electron chi connectivity index (χ0n) is 14.1. The predicted molar refractivity (Wildman–Crippen MR) is 99.7 cm³/mol. The maximum Gasteiger partial charge on any atom is 0.187 e. The van der Waals surface area contributed by atoms with Gasteiger partial charge >= 0.3 is 0 Å². The smallest absolute Gasteiger partial charge is 0.187 e. The minimum absolute atomic E-state index is 0.115. The molecule has 0 saturated heterocycles. The van der Waals surface area contributed by atoms with Crippen LogP contribution in [0.4, 0.5) is 0 Å². The van der Waals surface area contributed by atoms with Gasteiger partial charge in [-0.15, -0.1) is 11.3 Å². The van der Waals surface area contributed by atoms with Crippen LogP contribution in [0.2, 0.25) is 0 Å². The molecule has 132 valence electrons. The lowest BCUT2D eigenvalue weighted by molar-refractivity contribution is 0.390. The number of benzene rings is 1. The lowest BCUT2D eigenvalue weighted by atomic mass is 10.1. The van der Waals surface area contributed by atoms with Crippen LogP contribution < -0.4 is 0 Å². The summed E-state index contributed by atoms with van der Waals surface area (Å²) < 4.78 is 31.5. The van der Waals surface area contributed by atoms with Gasteiger partial charge in [-0.1, -0.05) is 23.4 Å². The van der Waals surface area contributed by atoms with Crippen LogP contribution >= 0.6 is 11.3 Å². The van der Waals surface area contributed by atoms with E-state index in [1.807, 2.05) is 24.3 Å². The quantitative estimate of drug-likeness (QED) is 0.529. The Labute approximate surface area is 154 Å². The fraction of sp³-hybridized carbons (Fsp3) is 0.167. The van der Waals surface area contributed by atoms with Gasteiger partial charge in [0.15, 0.2) is 15.6 Å². The molecule has 0 aliphatic rings. The second kappa shape index (κ2) is 6.30. The number of rotatable bonds is 4. The fourth-order valence-corrected chi connectivity index (χ4v) is 5.56. The number of thiazole rings is 1. The van der Waals surface area contributed by atoms with E-state index in [1.54, 1.807) is 32.3 Å². The highest BCUT2D eigenvalue weighted by atomic mass is 32.2. The van der Waals surface area contributed by atoms with Crippen LogP contribution in [-0.2, 0) is 15.6 Å². The Morgan fingerprint density at radius 3 is 2.77 bits per heavy atom. The van der Waals surface area contributed by atoms with E-state index in [-0.39, 0.29) is 10.6 Å². The first-order valence-corrected chi connectivity index (χ1v) is 10.4. The molecule has 0 amide bonds. The Balaban J connectivity index is 1.70. The molecule has 1 aromatic carbocycles. The fourth-order valence-electron chi connectivity index (χ4n) is 2.91. The van der Waals surface area contributed by atoms with Gasteiger partial charge in [0.2, 0.25) is 0 Å². The summed E-state index contributed by atoms with van der Waals surface area (Å²) in [5, 5.41) is 4.58. The van der Waals surface area contributed by atoms with Crippen molar-refractivity contribution in [3.8, 4) is 10.6 Å². The summed E-state index contributed by atoms with van der Waals surface area (Å²) in [5.41, 5.74) is 2.85. The molecule has 0 N–H and O–H groups in total. The standard InChI is InChI=1S/C18H15N3O3S2/c1-11-17(12(2)24-21-11)26(22,23)10-13-4-3-5-14(8-13)18-20-15-6-7-19-9-16(15)25-18/h3-9H,10H2,1-2H3. The molecule has 26 heavy (non-hydrogen) atoms. The maximum absolute atomic E-state index is 12.8. The number of nitrogens with zero attached hydrogens (tertiary/aromatic N) is 3. The molecule has 0 unspecified atom stereocenters. The molecule has 4 rings (SSSR count). The van der Waals surface area contributed by atoms with E-state index >= 15 is 0 Å². The average molecular weight is 385 g/mol. The molecule has 0 saturated carbocycles. The van der Waals surface area contributed by atoms with E-state index in [0.717, 1.165) is 20.8 Å². The summed E-state index contributed by atoms with van der Waals surface area (Å²) in [6.07, 6.45) is 3.49. The van der Waals surface area contributed by atoms with Gasteiger partial charge in [0.05, 0.1) is 21.7 Å². The normalized spacial score (nSPS) is 11.9. The Morgan fingerprint density at radius 1 is 1.19 bits per heavy atom. The minimum Gasteiger partial charge on any atom is -0.360 e. The zero-order chi connectivity index (χ0) is 18.3. The van der Waals surface area contributed by atoms with E-state index < -0.39 is 9.84 Å². The number of hydrogen-bond donors (Lipinski definition) is 0. The molecule has 6 nitrogen and oxygen atoms in total. The van der Waals surface area contributed by atoms with Gasteiger partial charge in [0.1, 0.15) is 9.90 Å². The van der Waals surface area contributed by atoms with E-state index in [1.165, 1.54) is 11.3 Å². The molecule has 0 spiro atoms. The van der Waals surface area contributed by atoms with Crippen molar-refractivity contribution in [2.75, 3.05) is 0 Å². The van der Waals surface area contributed by atoms with Crippen LogP contribution in [0.1, 0.15) is 17.0 Å². The third kappa shape index (κ3) is 3.02. The molecule has 3 aromatic heterocycles. The number of sulfone groups is 1. The molecule has 0 aliphatic heterocycles. The van der Waals surface area contributed by atoms with Crippen LogP contribution in [0.25, 0.3) is 20.8 Å².